The lowest BCUT2D eigenvalue weighted by Crippen LogP contribution is -2.21. The van der Waals surface area contributed by atoms with Crippen molar-refractivity contribution in [2.75, 3.05) is 10.2 Å². The van der Waals surface area contributed by atoms with Gasteiger partial charge in [-0.1, -0.05) is 36.4 Å². The second kappa shape index (κ2) is 8.82. The first-order valence-electron chi connectivity index (χ1n) is 9.20. The number of hydrogen-bond donors (Lipinski definition) is 1. The fourth-order valence-electron chi connectivity index (χ4n) is 2.99. The molecule has 4 aromatic rings. The molecule has 9 nitrogen and oxygen atoms in total. The molecule has 0 fully saturated rings. The fraction of sp³-hybridized carbons (Fsp3) is 0.0952. The van der Waals surface area contributed by atoms with Crippen molar-refractivity contribution in [1.82, 2.24) is 15.0 Å². The summed E-state index contributed by atoms with van der Waals surface area (Å²) in [7, 11) is 0. The lowest BCUT2D eigenvalue weighted by atomic mass is 10.2. The van der Waals surface area contributed by atoms with E-state index in [9.17, 15) is 10.1 Å². The van der Waals surface area contributed by atoms with Crippen LogP contribution in [0.25, 0.3) is 0 Å². The molecule has 30 heavy (non-hydrogen) atoms. The van der Waals surface area contributed by atoms with Gasteiger partial charge in [0.2, 0.25) is 11.6 Å². The second-order valence-electron chi connectivity index (χ2n) is 6.34. The molecule has 3 aromatic heterocycles. The molecule has 0 aliphatic heterocycles. The quantitative estimate of drug-likeness (QED) is 0.343. The van der Waals surface area contributed by atoms with Crippen LogP contribution in [0.3, 0.4) is 0 Å². The van der Waals surface area contributed by atoms with Gasteiger partial charge < -0.3 is 14.6 Å². The molecule has 0 unspecified atom stereocenters. The zero-order valence-corrected chi connectivity index (χ0v) is 15.9. The summed E-state index contributed by atoms with van der Waals surface area (Å²) >= 11 is 0. The molecule has 3 heterocycles. The zero-order chi connectivity index (χ0) is 20.8. The largest absolute Gasteiger partial charge is 0.467 e. The Morgan fingerprint density at radius 1 is 1.00 bits per heavy atom. The predicted molar refractivity (Wildman–Crippen MR) is 111 cm³/mol. The van der Waals surface area contributed by atoms with Gasteiger partial charge in [-0.05, 0) is 29.8 Å². The maximum atomic E-state index is 12.0. The van der Waals surface area contributed by atoms with Gasteiger partial charge in [0, 0.05) is 6.20 Å². The van der Waals surface area contributed by atoms with E-state index in [2.05, 4.69) is 20.3 Å². The van der Waals surface area contributed by atoms with E-state index in [1.54, 1.807) is 41.6 Å². The molecule has 0 radical (unpaired) electrons. The molecular weight excluding hydrogens is 384 g/mol. The number of rotatable bonds is 8. The number of pyridine rings is 1. The van der Waals surface area contributed by atoms with Crippen LogP contribution in [0.1, 0.15) is 11.3 Å². The van der Waals surface area contributed by atoms with Crippen molar-refractivity contribution in [3.63, 3.8) is 0 Å². The van der Waals surface area contributed by atoms with Gasteiger partial charge in [0.15, 0.2) is 0 Å². The molecule has 0 aliphatic carbocycles. The Morgan fingerprint density at radius 3 is 2.53 bits per heavy atom. The van der Waals surface area contributed by atoms with Crippen molar-refractivity contribution < 1.29 is 9.34 Å². The Hall–Kier alpha value is -4.27. The molecule has 0 bridgehead atoms. The predicted octanol–water partition coefficient (Wildman–Crippen LogP) is 4.32. The van der Waals surface area contributed by atoms with Gasteiger partial charge in [-0.15, -0.1) is 0 Å². The van der Waals surface area contributed by atoms with Crippen LogP contribution < -0.4 is 10.2 Å². The van der Waals surface area contributed by atoms with Crippen LogP contribution in [0.5, 0.6) is 0 Å². The summed E-state index contributed by atoms with van der Waals surface area (Å²) in [6.45, 7) is 0.611. The molecule has 4 rings (SSSR count). The molecule has 0 amide bonds. The smallest absolute Gasteiger partial charge is 0.353 e. The minimum atomic E-state index is -0.485. The van der Waals surface area contributed by atoms with Gasteiger partial charge in [0.05, 0.1) is 24.3 Å². The molecule has 0 aliphatic rings. The first-order valence-corrected chi connectivity index (χ1v) is 9.20. The molecule has 0 atom stereocenters. The molecule has 0 spiro atoms. The van der Waals surface area contributed by atoms with E-state index < -0.39 is 4.92 Å². The monoisotopic (exact) mass is 402 g/mol. The van der Waals surface area contributed by atoms with Crippen LogP contribution in [0.15, 0.2) is 83.9 Å². The zero-order valence-electron chi connectivity index (χ0n) is 15.9. The number of anilines is 3. The van der Waals surface area contributed by atoms with E-state index in [0.717, 1.165) is 5.56 Å². The Bertz CT molecular complexity index is 1100. The highest BCUT2D eigenvalue weighted by Gasteiger charge is 2.28. The van der Waals surface area contributed by atoms with Crippen LogP contribution in [-0.2, 0) is 13.1 Å². The number of nitro groups is 1. The summed E-state index contributed by atoms with van der Waals surface area (Å²) in [5.41, 5.74) is 0.729. The van der Waals surface area contributed by atoms with Crippen LogP contribution in [0, 0.1) is 10.1 Å². The molecule has 0 saturated heterocycles. The number of hydrogen-bond acceptors (Lipinski definition) is 8. The normalized spacial score (nSPS) is 10.5. The molecule has 1 aromatic carbocycles. The van der Waals surface area contributed by atoms with Gasteiger partial charge in [-0.25, -0.2) is 15.0 Å². The van der Waals surface area contributed by atoms with Gasteiger partial charge >= 0.3 is 5.69 Å². The molecule has 150 valence electrons. The molecular formula is C21H18N6O3. The Labute approximate surface area is 172 Å². The standard InChI is InChI=1S/C21H18N6O3/c28-27(29)19-20(23-13-17-9-6-12-30-17)24-15-25-21(19)26(18-10-4-5-11-22-18)14-16-7-2-1-3-8-16/h1-12,15H,13-14H2,(H,23,24,25). The third-order valence-corrected chi connectivity index (χ3v) is 4.36. The van der Waals surface area contributed by atoms with Crippen LogP contribution in [0.4, 0.5) is 23.1 Å². The highest BCUT2D eigenvalue weighted by Crippen LogP contribution is 2.36. The van der Waals surface area contributed by atoms with E-state index in [4.69, 9.17) is 4.42 Å². The topological polar surface area (TPSA) is 110 Å². The minimum Gasteiger partial charge on any atom is -0.467 e. The van der Waals surface area contributed by atoms with E-state index >= 15 is 0 Å². The third-order valence-electron chi connectivity index (χ3n) is 4.36. The SMILES string of the molecule is O=[N+]([O-])c1c(NCc2ccco2)ncnc1N(Cc1ccccc1)c1ccccn1. The van der Waals surface area contributed by atoms with Crippen LogP contribution in [0.2, 0.25) is 0 Å². The lowest BCUT2D eigenvalue weighted by Gasteiger charge is -2.23. The first-order chi connectivity index (χ1) is 14.7. The van der Waals surface area contributed by atoms with E-state index in [-0.39, 0.29) is 23.9 Å². The maximum Gasteiger partial charge on any atom is 0.353 e. The van der Waals surface area contributed by atoms with E-state index in [1.807, 2.05) is 36.4 Å². The molecule has 1 N–H and O–H groups in total. The first kappa shape index (κ1) is 19.1. The highest BCUT2D eigenvalue weighted by molar-refractivity contribution is 5.74. The van der Waals surface area contributed by atoms with Crippen molar-refractivity contribution in [2.45, 2.75) is 13.1 Å². The number of furan rings is 1. The number of nitrogens with zero attached hydrogens (tertiary/aromatic N) is 5. The Morgan fingerprint density at radius 2 is 1.83 bits per heavy atom. The van der Waals surface area contributed by atoms with Gasteiger partial charge in [-0.2, -0.15) is 0 Å². The minimum absolute atomic E-state index is 0.107. The van der Waals surface area contributed by atoms with E-state index in [0.29, 0.717) is 18.1 Å². The summed E-state index contributed by atoms with van der Waals surface area (Å²) in [5, 5.41) is 15.0. The summed E-state index contributed by atoms with van der Waals surface area (Å²) in [6.07, 6.45) is 4.48. The Balaban J connectivity index is 1.75. The second-order valence-corrected chi connectivity index (χ2v) is 6.34. The van der Waals surface area contributed by atoms with Crippen molar-refractivity contribution in [2.24, 2.45) is 0 Å². The van der Waals surface area contributed by atoms with Gasteiger partial charge in [0.1, 0.15) is 17.9 Å². The van der Waals surface area contributed by atoms with Crippen molar-refractivity contribution in [3.05, 3.63) is 101 Å². The summed E-state index contributed by atoms with van der Waals surface area (Å²) in [4.78, 5) is 25.9. The van der Waals surface area contributed by atoms with Crippen LogP contribution >= 0.6 is 0 Å². The lowest BCUT2D eigenvalue weighted by molar-refractivity contribution is -0.383. The number of benzene rings is 1. The third kappa shape index (κ3) is 4.25. The summed E-state index contributed by atoms with van der Waals surface area (Å²) in [6, 6.07) is 18.5. The molecule has 9 heteroatoms. The van der Waals surface area contributed by atoms with Gasteiger partial charge in [-0.3, -0.25) is 10.1 Å². The van der Waals surface area contributed by atoms with Crippen molar-refractivity contribution in [1.29, 1.82) is 0 Å². The number of nitrogens with one attached hydrogen (secondary N) is 1. The maximum absolute atomic E-state index is 12.0. The average molecular weight is 402 g/mol. The van der Waals surface area contributed by atoms with Crippen molar-refractivity contribution >= 4 is 23.1 Å². The highest BCUT2D eigenvalue weighted by atomic mass is 16.6. The number of aromatic nitrogens is 3. The van der Waals surface area contributed by atoms with E-state index in [1.165, 1.54) is 6.33 Å². The average Bonchev–Trinajstić information content (AvgIpc) is 3.31. The van der Waals surface area contributed by atoms with Crippen LogP contribution in [-0.4, -0.2) is 19.9 Å². The fourth-order valence-corrected chi connectivity index (χ4v) is 2.99. The summed E-state index contributed by atoms with van der Waals surface area (Å²) < 4.78 is 5.29. The molecule has 0 saturated carbocycles. The summed E-state index contributed by atoms with van der Waals surface area (Å²) in [5.74, 6) is 1.44. The Kier molecular flexibility index (Phi) is 5.61. The van der Waals surface area contributed by atoms with Gasteiger partial charge in [0.25, 0.3) is 0 Å². The van der Waals surface area contributed by atoms with Crippen molar-refractivity contribution in [3.8, 4) is 0 Å².